The summed E-state index contributed by atoms with van der Waals surface area (Å²) in [5.74, 6) is 0. The summed E-state index contributed by atoms with van der Waals surface area (Å²) in [5, 5.41) is 0. The van der Waals surface area contributed by atoms with Crippen LogP contribution in [0.4, 0.5) is 0 Å². The van der Waals surface area contributed by atoms with Crippen molar-refractivity contribution in [3.05, 3.63) is 0 Å². The van der Waals surface area contributed by atoms with Crippen molar-refractivity contribution in [1.29, 1.82) is 0 Å². The summed E-state index contributed by atoms with van der Waals surface area (Å²) in [7, 11) is 0. The van der Waals surface area contributed by atoms with E-state index in [0.29, 0.717) is 0 Å². The molecule has 0 atom stereocenters. The molecule has 20 valence electrons. The van der Waals surface area contributed by atoms with Gasteiger partial charge in [-0.1, -0.05) is 0 Å². The van der Waals surface area contributed by atoms with E-state index in [1.807, 2.05) is 0 Å². The van der Waals surface area contributed by atoms with Crippen LogP contribution < -0.4 is 0 Å². The first-order valence-electron chi connectivity index (χ1n) is 0.408. The van der Waals surface area contributed by atoms with Gasteiger partial charge in [-0.25, -0.2) is 0 Å². The minimum Gasteiger partial charge on any atom is 0 e. The van der Waals surface area contributed by atoms with Crippen LogP contribution in [0, 0.1) is 0 Å². The van der Waals surface area contributed by atoms with Crippen molar-refractivity contribution in [2.75, 3.05) is 0 Å². The molecule has 2 nitrogen and oxygen atoms in total. The third-order valence-corrected chi connectivity index (χ3v) is 0. The molecule has 0 aliphatic rings. The number of rotatable bonds is 0. The maximum atomic E-state index is 8.54. The zero-order valence-corrected chi connectivity index (χ0v) is 5.67. The van der Waals surface area contributed by atoms with Gasteiger partial charge in [0.05, 0.1) is 0 Å². The fraction of sp³-hybridized carbons (Fsp3) is 0. The fourth-order valence-corrected chi connectivity index (χ4v) is 0. The van der Waals surface area contributed by atoms with E-state index in [2.05, 4.69) is 0 Å². The molecule has 4 heteroatoms. The smallest absolute Gasteiger partial charge is 0 e. The molecule has 0 spiro atoms. The van der Waals surface area contributed by atoms with Crippen LogP contribution in [0.15, 0.2) is 0 Å². The Balaban J connectivity index is 0. The van der Waals surface area contributed by atoms with Gasteiger partial charge in [0, 0.05) is 11.0 Å². The van der Waals surface area contributed by atoms with E-state index in [0.717, 1.165) is 0 Å². The Labute approximate surface area is 38.6 Å². The summed E-state index contributed by atoms with van der Waals surface area (Å²) in [4.78, 5) is 0. The van der Waals surface area contributed by atoms with Crippen LogP contribution in [0.3, 0.4) is 0 Å². The number of hydrogen-bond donors (Lipinski definition) is 0. The molecule has 0 aromatic heterocycles. The zero-order valence-electron chi connectivity index (χ0n) is 1.82. The first kappa shape index (κ1) is 8.82. The average Bonchev–Trinajstić information content (AvgIpc) is 0.918. The van der Waals surface area contributed by atoms with Crippen LogP contribution in [-0.4, -0.2) is 32.1 Å². The van der Waals surface area contributed by atoms with Gasteiger partial charge in [-0.3, -0.25) is 0 Å². The van der Waals surface area contributed by atoms with E-state index in [1.54, 1.807) is 0 Å². The van der Waals surface area contributed by atoms with E-state index >= 15 is 0 Å². The molecule has 4 radical (unpaired) electrons. The fourth-order valence-electron chi connectivity index (χ4n) is 0. The van der Waals surface area contributed by atoms with Crippen molar-refractivity contribution in [1.82, 2.24) is 0 Å². The Bertz CT molecular complexity index is 27.0. The summed E-state index contributed by atoms with van der Waals surface area (Å²) in [6.45, 7) is 0. The van der Waals surface area contributed by atoms with Gasteiger partial charge in [0.15, 0.2) is 0 Å². The zero-order chi connectivity index (χ0) is 2.71. The minimum absolute atomic E-state index is 0. The summed E-state index contributed by atoms with van der Waals surface area (Å²) in [6.07, 6.45) is 0. The molecule has 0 rings (SSSR count). The molecule has 0 N–H and O–H groups in total. The predicted octanol–water partition coefficient (Wildman–Crippen LogP) is -0.999. The van der Waals surface area contributed by atoms with Crippen LogP contribution in [0.2, 0.25) is 0 Å². The Morgan fingerprint density at radius 3 is 1.25 bits per heavy atom. The number of hydrogen-bond acceptors (Lipinski definition) is 2. The van der Waals surface area contributed by atoms with Gasteiger partial charge < -0.3 is 0 Å². The molecular weight excluding hydrogens is 179 g/mol. The SMILES string of the molecule is [O]=[Sn]=[O].[Si]. The maximum Gasteiger partial charge on any atom is 0 e. The quantitative estimate of drug-likeness (QED) is 0.447. The molecular formula is O2SiSn. The molecule has 0 fully saturated rings. The summed E-state index contributed by atoms with van der Waals surface area (Å²) in [6, 6.07) is 0. The predicted molar refractivity (Wildman–Crippen MR) is 12.9 cm³/mol. The van der Waals surface area contributed by atoms with Gasteiger partial charge in [0.1, 0.15) is 0 Å². The third kappa shape index (κ3) is 18.0. The van der Waals surface area contributed by atoms with E-state index in [-0.39, 0.29) is 11.0 Å². The van der Waals surface area contributed by atoms with Crippen LogP contribution in [0.25, 0.3) is 0 Å². The molecule has 0 aliphatic heterocycles. The molecule has 0 aromatic rings. The van der Waals surface area contributed by atoms with Crippen molar-refractivity contribution in [2.24, 2.45) is 0 Å². The van der Waals surface area contributed by atoms with Crippen molar-refractivity contribution >= 4 is 32.1 Å². The molecule has 0 amide bonds. The average molecular weight is 179 g/mol. The van der Waals surface area contributed by atoms with Crippen molar-refractivity contribution < 1.29 is 6.15 Å². The monoisotopic (exact) mass is 180 g/mol. The summed E-state index contributed by atoms with van der Waals surface area (Å²) in [5.41, 5.74) is 0. The van der Waals surface area contributed by atoms with E-state index in [9.17, 15) is 0 Å². The van der Waals surface area contributed by atoms with Gasteiger partial charge in [-0.05, 0) is 0 Å². The first-order chi connectivity index (χ1) is 1.41. The van der Waals surface area contributed by atoms with E-state index in [1.165, 1.54) is 0 Å². The Morgan fingerprint density at radius 2 is 1.25 bits per heavy atom. The van der Waals surface area contributed by atoms with Gasteiger partial charge in [0.25, 0.3) is 0 Å². The van der Waals surface area contributed by atoms with Crippen molar-refractivity contribution in [2.45, 2.75) is 0 Å². The molecule has 0 saturated heterocycles. The molecule has 0 bridgehead atoms. The Hall–Kier alpha value is 0.616. The van der Waals surface area contributed by atoms with Crippen LogP contribution in [0.5, 0.6) is 0 Å². The van der Waals surface area contributed by atoms with Gasteiger partial charge in [0.2, 0.25) is 0 Å². The van der Waals surface area contributed by atoms with Gasteiger partial charge >= 0.3 is 27.3 Å². The van der Waals surface area contributed by atoms with Crippen LogP contribution in [0.1, 0.15) is 0 Å². The Morgan fingerprint density at radius 1 is 1.25 bits per heavy atom. The molecule has 0 aliphatic carbocycles. The van der Waals surface area contributed by atoms with Crippen molar-refractivity contribution in [3.8, 4) is 0 Å². The summed E-state index contributed by atoms with van der Waals surface area (Å²) < 4.78 is 17.1. The molecule has 4 heavy (non-hydrogen) atoms. The second kappa shape index (κ2) is 9.48. The van der Waals surface area contributed by atoms with Crippen molar-refractivity contribution in [3.63, 3.8) is 0 Å². The maximum absolute atomic E-state index is 8.54. The molecule has 0 unspecified atom stereocenters. The molecule has 0 heterocycles. The van der Waals surface area contributed by atoms with Crippen LogP contribution in [-0.2, 0) is 6.15 Å². The summed E-state index contributed by atoms with van der Waals surface area (Å²) >= 11 is -2.27. The van der Waals surface area contributed by atoms with Gasteiger partial charge in [-0.2, -0.15) is 0 Å². The normalized spacial score (nSPS) is 2.00. The largest absolute Gasteiger partial charge is 0 e. The standard InChI is InChI=1S/2O.Si.Sn. The van der Waals surface area contributed by atoms with Gasteiger partial charge in [-0.15, -0.1) is 0 Å². The Kier molecular flexibility index (Phi) is 20.9. The first-order valence-corrected chi connectivity index (χ1v) is 2.74. The third-order valence-electron chi connectivity index (χ3n) is 0. The van der Waals surface area contributed by atoms with E-state index in [4.69, 9.17) is 6.15 Å². The van der Waals surface area contributed by atoms with Crippen LogP contribution >= 0.6 is 0 Å². The second-order valence-electron chi connectivity index (χ2n) is 0.0833. The minimum atomic E-state index is -2.27. The second-order valence-corrected chi connectivity index (χ2v) is 0.559. The topological polar surface area (TPSA) is 34.1 Å². The molecule has 0 aromatic carbocycles. The molecule has 0 saturated carbocycles. The van der Waals surface area contributed by atoms with E-state index < -0.39 is 21.1 Å².